The lowest BCUT2D eigenvalue weighted by Gasteiger charge is -2.11. The van der Waals surface area contributed by atoms with Crippen molar-refractivity contribution in [3.63, 3.8) is 0 Å². The first kappa shape index (κ1) is 26.8. The maximum absolute atomic E-state index is 12.7. The average Bonchev–Trinajstić information content (AvgIpc) is 2.66. The van der Waals surface area contributed by atoms with Crippen molar-refractivity contribution in [3.05, 3.63) is 64.7 Å². The number of nitrogens with zero attached hydrogens (tertiary/aromatic N) is 1. The van der Waals surface area contributed by atoms with Gasteiger partial charge in [0.05, 0.1) is 17.0 Å². The largest absolute Gasteiger partial charge is 0.416 e. The van der Waals surface area contributed by atoms with Gasteiger partial charge in [0.2, 0.25) is 0 Å². The number of nitrogens with one attached hydrogen (secondary N) is 2. The van der Waals surface area contributed by atoms with Gasteiger partial charge in [-0.3, -0.25) is 4.99 Å². The first-order valence-electron chi connectivity index (χ1n) is 8.91. The topological polar surface area (TPSA) is 70.6 Å². The number of halogens is 4. The molecule has 168 valence electrons. The second-order valence-electron chi connectivity index (χ2n) is 6.53. The van der Waals surface area contributed by atoms with Crippen molar-refractivity contribution in [2.45, 2.75) is 24.5 Å². The predicted octanol–water partition coefficient (Wildman–Crippen LogP) is 3.75. The standard InChI is InChI=1S/C21H22F3N3O2S.HI/c1-15-12-17(9-10-19(15)30(3,28)29)14-27-20(25-2)26-11-5-7-16-6-4-8-18(13-16)21(22,23)24;/h4,6,8-10,12-13H,11,14H2,1-3H3,(H2,25,26,27);1H. The Morgan fingerprint density at radius 1 is 1.13 bits per heavy atom. The minimum Gasteiger partial charge on any atom is -0.352 e. The monoisotopic (exact) mass is 565 g/mol. The van der Waals surface area contributed by atoms with Crippen molar-refractivity contribution >= 4 is 39.8 Å². The van der Waals surface area contributed by atoms with Crippen LogP contribution in [0.4, 0.5) is 13.2 Å². The summed E-state index contributed by atoms with van der Waals surface area (Å²) < 4.78 is 61.5. The number of hydrogen-bond acceptors (Lipinski definition) is 3. The summed E-state index contributed by atoms with van der Waals surface area (Å²) in [4.78, 5) is 4.35. The zero-order chi connectivity index (χ0) is 22.4. The van der Waals surface area contributed by atoms with E-state index in [4.69, 9.17) is 0 Å². The third kappa shape index (κ3) is 8.41. The van der Waals surface area contributed by atoms with Gasteiger partial charge < -0.3 is 10.6 Å². The maximum Gasteiger partial charge on any atom is 0.416 e. The highest BCUT2D eigenvalue weighted by Crippen LogP contribution is 2.29. The van der Waals surface area contributed by atoms with Gasteiger partial charge in [0.15, 0.2) is 15.8 Å². The number of hydrogen-bond donors (Lipinski definition) is 2. The molecule has 0 unspecified atom stereocenters. The second-order valence-corrected chi connectivity index (χ2v) is 8.52. The van der Waals surface area contributed by atoms with Crippen LogP contribution in [0.25, 0.3) is 0 Å². The molecule has 0 aliphatic heterocycles. The SMILES string of the molecule is CN=C(NCC#Cc1cccc(C(F)(F)F)c1)NCc1ccc(S(C)(=O)=O)c(C)c1.I. The van der Waals surface area contributed by atoms with Crippen molar-refractivity contribution in [1.82, 2.24) is 10.6 Å². The number of aryl methyl sites for hydroxylation is 1. The molecule has 0 amide bonds. The molecule has 0 saturated heterocycles. The van der Waals surface area contributed by atoms with Gasteiger partial charge in [0.1, 0.15) is 0 Å². The number of rotatable bonds is 4. The summed E-state index contributed by atoms with van der Waals surface area (Å²) in [6.45, 7) is 2.32. The molecule has 31 heavy (non-hydrogen) atoms. The van der Waals surface area contributed by atoms with Gasteiger partial charge in [-0.05, 0) is 42.3 Å². The maximum atomic E-state index is 12.7. The Bertz CT molecular complexity index is 1100. The lowest BCUT2D eigenvalue weighted by molar-refractivity contribution is -0.137. The van der Waals surface area contributed by atoms with E-state index in [0.29, 0.717) is 23.0 Å². The molecular weight excluding hydrogens is 542 g/mol. The highest BCUT2D eigenvalue weighted by molar-refractivity contribution is 14.0. The van der Waals surface area contributed by atoms with Gasteiger partial charge in [0, 0.05) is 25.4 Å². The predicted molar refractivity (Wildman–Crippen MR) is 126 cm³/mol. The normalized spacial score (nSPS) is 11.7. The second kappa shape index (κ2) is 11.4. The Morgan fingerprint density at radius 2 is 1.84 bits per heavy atom. The Balaban J connectivity index is 0.00000480. The molecule has 2 aromatic carbocycles. The van der Waals surface area contributed by atoms with Crippen molar-refractivity contribution in [3.8, 4) is 11.8 Å². The molecule has 0 heterocycles. The summed E-state index contributed by atoms with van der Waals surface area (Å²) >= 11 is 0. The van der Waals surface area contributed by atoms with Crippen molar-refractivity contribution in [1.29, 1.82) is 0 Å². The van der Waals surface area contributed by atoms with E-state index in [9.17, 15) is 21.6 Å². The Hall–Kier alpha value is -2.26. The molecule has 0 atom stereocenters. The van der Waals surface area contributed by atoms with E-state index in [1.807, 2.05) is 0 Å². The molecule has 0 fully saturated rings. The summed E-state index contributed by atoms with van der Waals surface area (Å²) in [7, 11) is -1.69. The van der Waals surface area contributed by atoms with E-state index in [1.54, 1.807) is 32.2 Å². The van der Waals surface area contributed by atoms with Crippen LogP contribution in [0, 0.1) is 18.8 Å². The van der Waals surface area contributed by atoms with Crippen molar-refractivity contribution in [2.75, 3.05) is 19.8 Å². The molecule has 2 aromatic rings. The van der Waals surface area contributed by atoms with Gasteiger partial charge in [0.25, 0.3) is 0 Å². The molecule has 0 bridgehead atoms. The fraction of sp³-hybridized carbons (Fsp3) is 0.286. The molecule has 0 aromatic heterocycles. The molecule has 0 spiro atoms. The van der Waals surface area contributed by atoms with E-state index >= 15 is 0 Å². The van der Waals surface area contributed by atoms with E-state index in [0.717, 1.165) is 17.7 Å². The quantitative estimate of drug-likeness (QED) is 0.257. The summed E-state index contributed by atoms with van der Waals surface area (Å²) in [5, 5.41) is 6.02. The highest BCUT2D eigenvalue weighted by Gasteiger charge is 2.30. The minimum atomic E-state index is -4.40. The van der Waals surface area contributed by atoms with Crippen LogP contribution < -0.4 is 10.6 Å². The lowest BCUT2D eigenvalue weighted by Crippen LogP contribution is -2.37. The van der Waals surface area contributed by atoms with Gasteiger partial charge in [-0.2, -0.15) is 13.2 Å². The Kier molecular flexibility index (Phi) is 9.83. The summed E-state index contributed by atoms with van der Waals surface area (Å²) in [5.74, 6) is 5.90. The fourth-order valence-electron chi connectivity index (χ4n) is 2.69. The first-order valence-corrected chi connectivity index (χ1v) is 10.8. The zero-order valence-electron chi connectivity index (χ0n) is 17.2. The third-order valence-corrected chi connectivity index (χ3v) is 5.35. The van der Waals surface area contributed by atoms with Crippen LogP contribution in [0.15, 0.2) is 52.4 Å². The van der Waals surface area contributed by atoms with Crippen LogP contribution in [0.2, 0.25) is 0 Å². The number of aliphatic imine (C=N–C) groups is 1. The number of alkyl halides is 3. The first-order chi connectivity index (χ1) is 14.0. The molecule has 0 aliphatic carbocycles. The lowest BCUT2D eigenvalue weighted by atomic mass is 10.1. The van der Waals surface area contributed by atoms with E-state index in [1.165, 1.54) is 18.4 Å². The molecule has 0 aliphatic rings. The molecule has 2 rings (SSSR count). The van der Waals surface area contributed by atoms with Gasteiger partial charge in [-0.15, -0.1) is 24.0 Å². The van der Waals surface area contributed by atoms with Crippen LogP contribution in [-0.2, 0) is 22.6 Å². The van der Waals surface area contributed by atoms with Crippen LogP contribution in [0.3, 0.4) is 0 Å². The van der Waals surface area contributed by atoms with Crippen molar-refractivity contribution < 1.29 is 21.6 Å². The molecule has 5 nitrogen and oxygen atoms in total. The van der Waals surface area contributed by atoms with E-state index in [2.05, 4.69) is 27.5 Å². The number of benzene rings is 2. The van der Waals surface area contributed by atoms with Gasteiger partial charge in [-0.1, -0.05) is 30.0 Å². The molecule has 2 N–H and O–H groups in total. The molecule has 0 saturated carbocycles. The molecule has 10 heteroatoms. The average molecular weight is 565 g/mol. The fourth-order valence-corrected chi connectivity index (χ4v) is 3.65. The molecule has 0 radical (unpaired) electrons. The van der Waals surface area contributed by atoms with Crippen molar-refractivity contribution in [2.24, 2.45) is 4.99 Å². The van der Waals surface area contributed by atoms with Crippen LogP contribution >= 0.6 is 24.0 Å². The number of sulfone groups is 1. The van der Waals surface area contributed by atoms with Gasteiger partial charge >= 0.3 is 6.18 Å². The third-order valence-electron chi connectivity index (χ3n) is 4.09. The molecular formula is C21H23F3IN3O2S. The van der Waals surface area contributed by atoms with Gasteiger partial charge in [-0.25, -0.2) is 8.42 Å². The summed E-state index contributed by atoms with van der Waals surface area (Å²) in [6.07, 6.45) is -3.24. The smallest absolute Gasteiger partial charge is 0.352 e. The minimum absolute atomic E-state index is 0. The Morgan fingerprint density at radius 3 is 2.42 bits per heavy atom. The Labute approximate surface area is 197 Å². The van der Waals surface area contributed by atoms with Crippen LogP contribution in [0.5, 0.6) is 0 Å². The summed E-state index contributed by atoms with van der Waals surface area (Å²) in [6, 6.07) is 9.90. The number of guanidine groups is 1. The summed E-state index contributed by atoms with van der Waals surface area (Å²) in [5.41, 5.74) is 1.07. The highest BCUT2D eigenvalue weighted by atomic mass is 127. The van der Waals surface area contributed by atoms with Crippen LogP contribution in [0.1, 0.15) is 22.3 Å². The zero-order valence-corrected chi connectivity index (χ0v) is 20.3. The van der Waals surface area contributed by atoms with E-state index < -0.39 is 21.6 Å². The van der Waals surface area contributed by atoms with E-state index in [-0.39, 0.29) is 36.1 Å². The van der Waals surface area contributed by atoms with Crippen LogP contribution in [-0.4, -0.2) is 34.2 Å².